The quantitative estimate of drug-likeness (QED) is 0.611. The van der Waals surface area contributed by atoms with Crippen LogP contribution < -0.4 is 5.09 Å². The van der Waals surface area contributed by atoms with E-state index in [1.54, 1.807) is 0 Å². The molecule has 0 aromatic rings. The molecule has 0 aliphatic carbocycles. The van der Waals surface area contributed by atoms with Crippen molar-refractivity contribution in [2.75, 3.05) is 37.8 Å². The smallest absolute Gasteiger partial charge is 0.306 e. The second-order valence-corrected chi connectivity index (χ2v) is 4.67. The molecule has 1 unspecified atom stereocenters. The molecule has 0 radical (unpaired) electrons. The highest BCUT2D eigenvalue weighted by Gasteiger charge is 2.32. The number of rotatable bonds is 5. The predicted molar refractivity (Wildman–Crippen MR) is 59.2 cm³/mol. The molecule has 84 valence electrons. The molecule has 1 heterocycles. The zero-order chi connectivity index (χ0) is 17.6. The molecular formula is C7H15Cl2N2O2P. The zero-order valence-corrected chi connectivity index (χ0v) is 9.49. The van der Waals surface area contributed by atoms with Gasteiger partial charge in [0.25, 0.3) is 0 Å². The van der Waals surface area contributed by atoms with Gasteiger partial charge in [-0.1, -0.05) is 0 Å². The highest BCUT2D eigenvalue weighted by atomic mass is 35.5. The maximum Gasteiger partial charge on any atom is 0.343 e. The minimum Gasteiger partial charge on any atom is -0.306 e. The standard InChI is InChI=1S/C7H15Cl2N2O2P/c8-2-5-11(6-3-9)14(12)10-4-1-7-13-14/h1-7H2,(H,10,12)/i2D2,4D2,6D2,7D2. The van der Waals surface area contributed by atoms with Gasteiger partial charge in [-0.15, -0.1) is 23.2 Å². The largest absolute Gasteiger partial charge is 0.343 e. The van der Waals surface area contributed by atoms with Crippen molar-refractivity contribution in [3.8, 4) is 0 Å². The molecule has 1 aliphatic heterocycles. The van der Waals surface area contributed by atoms with Crippen LogP contribution in [0.5, 0.6) is 0 Å². The number of nitrogens with one attached hydrogen (secondary N) is 1. The first-order valence-electron chi connectivity index (χ1n) is 7.65. The molecule has 1 saturated heterocycles. The minimum atomic E-state index is -4.65. The molecular weight excluding hydrogens is 246 g/mol. The molecule has 0 bridgehead atoms. The summed E-state index contributed by atoms with van der Waals surface area (Å²) in [5, 5.41) is 1.92. The van der Waals surface area contributed by atoms with Crippen LogP contribution in [0.4, 0.5) is 0 Å². The van der Waals surface area contributed by atoms with Gasteiger partial charge >= 0.3 is 7.67 Å². The van der Waals surface area contributed by atoms with E-state index in [9.17, 15) is 4.57 Å². The fourth-order valence-corrected chi connectivity index (χ4v) is 2.52. The molecule has 1 aliphatic rings. The Kier molecular flexibility index (Phi) is 2.41. The normalized spacial score (nSPS) is 45.9. The lowest BCUT2D eigenvalue weighted by atomic mass is 10.5. The maximum atomic E-state index is 12.8. The zero-order valence-electron chi connectivity index (χ0n) is 15.1. The molecule has 7 heteroatoms. The van der Waals surface area contributed by atoms with E-state index in [-0.39, 0.29) is 0 Å². The van der Waals surface area contributed by atoms with Gasteiger partial charge in [-0.2, -0.15) is 0 Å². The summed E-state index contributed by atoms with van der Waals surface area (Å²) in [6.07, 6.45) is -0.782. The van der Waals surface area contributed by atoms with E-state index in [1.165, 1.54) is 0 Å². The summed E-state index contributed by atoms with van der Waals surface area (Å²) >= 11 is 10.9. The Morgan fingerprint density at radius 3 is 3.07 bits per heavy atom. The first kappa shape index (κ1) is 5.35. The third kappa shape index (κ3) is 3.37. The van der Waals surface area contributed by atoms with Crippen LogP contribution in [0.2, 0.25) is 0 Å². The van der Waals surface area contributed by atoms with Crippen molar-refractivity contribution >= 4 is 30.9 Å². The molecule has 0 spiro atoms. The van der Waals surface area contributed by atoms with E-state index in [2.05, 4.69) is 0 Å². The lowest BCUT2D eigenvalue weighted by Crippen LogP contribution is -2.35. The van der Waals surface area contributed by atoms with Gasteiger partial charge in [0.2, 0.25) is 0 Å². The molecule has 4 nitrogen and oxygen atoms in total. The summed E-state index contributed by atoms with van der Waals surface area (Å²) < 4.78 is 78.1. The number of hydrogen-bond donors (Lipinski definition) is 1. The second-order valence-electron chi connectivity index (χ2n) is 2.20. The SMILES string of the molecule is [2H]C([2H])(Cl)CN(C([2H])([2H])CCl)P1(=O)NC([2H])([2H])CC([2H])([2H])O1. The van der Waals surface area contributed by atoms with Gasteiger partial charge in [0.05, 0.1) is 9.30 Å². The number of nitrogens with zero attached hydrogens (tertiary/aromatic N) is 1. The Hall–Kier alpha value is 0.690. The average molecular weight is 269 g/mol. The molecule has 0 aromatic heterocycles. The number of hydrogen-bond acceptors (Lipinski definition) is 2. The Labute approximate surface area is 106 Å². The van der Waals surface area contributed by atoms with Crippen molar-refractivity contribution in [1.29, 1.82) is 0 Å². The fraction of sp³-hybridized carbons (Fsp3) is 1.00. The van der Waals surface area contributed by atoms with Crippen molar-refractivity contribution < 1.29 is 20.1 Å². The Morgan fingerprint density at radius 2 is 2.50 bits per heavy atom. The van der Waals surface area contributed by atoms with Crippen LogP contribution in [0, 0.1) is 0 Å². The van der Waals surface area contributed by atoms with E-state index in [1.807, 2.05) is 5.09 Å². The molecule has 1 N–H and O–H groups in total. The van der Waals surface area contributed by atoms with Crippen LogP contribution in [-0.2, 0) is 9.09 Å². The molecule has 1 rings (SSSR count). The predicted octanol–water partition coefficient (Wildman–Crippen LogP) is 1.88. The van der Waals surface area contributed by atoms with Gasteiger partial charge in [-0.25, -0.2) is 9.76 Å². The Balaban J connectivity index is 3.30. The molecule has 1 fully saturated rings. The molecule has 0 aromatic carbocycles. The van der Waals surface area contributed by atoms with Gasteiger partial charge in [0, 0.05) is 39.5 Å². The lowest BCUT2D eigenvalue weighted by Gasteiger charge is -2.33. The van der Waals surface area contributed by atoms with Crippen molar-refractivity contribution in [3.05, 3.63) is 0 Å². The molecule has 14 heavy (non-hydrogen) atoms. The summed E-state index contributed by atoms with van der Waals surface area (Å²) in [6.45, 7) is -8.67. The van der Waals surface area contributed by atoms with Gasteiger partial charge in [-0.3, -0.25) is 4.57 Å². The van der Waals surface area contributed by atoms with E-state index >= 15 is 0 Å². The highest BCUT2D eigenvalue weighted by molar-refractivity contribution is 7.54. The van der Waals surface area contributed by atoms with Crippen LogP contribution in [0.3, 0.4) is 0 Å². The van der Waals surface area contributed by atoms with Gasteiger partial charge < -0.3 is 4.52 Å². The lowest BCUT2D eigenvalue weighted by molar-refractivity contribution is 0.233. The number of alkyl halides is 2. The van der Waals surface area contributed by atoms with E-state index in [0.29, 0.717) is 4.67 Å². The van der Waals surface area contributed by atoms with E-state index in [0.717, 1.165) is 0 Å². The van der Waals surface area contributed by atoms with E-state index in [4.69, 9.17) is 38.7 Å². The maximum absolute atomic E-state index is 12.8. The van der Waals surface area contributed by atoms with Crippen molar-refractivity contribution in [2.24, 2.45) is 0 Å². The third-order valence-corrected chi connectivity index (χ3v) is 3.31. The van der Waals surface area contributed by atoms with Crippen LogP contribution in [0.15, 0.2) is 0 Å². The van der Waals surface area contributed by atoms with Crippen molar-refractivity contribution in [1.82, 2.24) is 9.76 Å². The van der Waals surface area contributed by atoms with Crippen LogP contribution in [0.25, 0.3) is 0 Å². The van der Waals surface area contributed by atoms with Crippen molar-refractivity contribution in [2.45, 2.75) is 6.42 Å². The Morgan fingerprint density at radius 1 is 1.71 bits per heavy atom. The highest BCUT2D eigenvalue weighted by Crippen LogP contribution is 2.47. The van der Waals surface area contributed by atoms with E-state index < -0.39 is 51.9 Å². The summed E-state index contributed by atoms with van der Waals surface area (Å²) in [5.74, 6) is -3.28. The summed E-state index contributed by atoms with van der Waals surface area (Å²) in [7, 11) is -4.65. The Bertz CT molecular complexity index is 454. The van der Waals surface area contributed by atoms with Crippen LogP contribution >= 0.6 is 30.9 Å². The first-order chi connectivity index (χ1) is 9.52. The summed E-state index contributed by atoms with van der Waals surface area (Å²) in [5.41, 5.74) is 0. The third-order valence-electron chi connectivity index (χ3n) is 1.34. The summed E-state index contributed by atoms with van der Waals surface area (Å²) in [4.78, 5) is 0. The molecule has 0 saturated carbocycles. The molecule has 1 atom stereocenters. The number of halogens is 2. The minimum absolute atomic E-state index is 0.300. The fourth-order valence-electron chi connectivity index (χ4n) is 0.795. The van der Waals surface area contributed by atoms with Crippen molar-refractivity contribution in [3.63, 3.8) is 0 Å². The van der Waals surface area contributed by atoms with Crippen LogP contribution in [-0.4, -0.2) is 42.5 Å². The second kappa shape index (κ2) is 6.31. The van der Waals surface area contributed by atoms with Gasteiger partial charge in [0.1, 0.15) is 0 Å². The topological polar surface area (TPSA) is 41.6 Å². The van der Waals surface area contributed by atoms with Crippen LogP contribution in [0.1, 0.15) is 17.4 Å². The monoisotopic (exact) mass is 268 g/mol. The van der Waals surface area contributed by atoms with Gasteiger partial charge in [0.15, 0.2) is 0 Å². The average Bonchev–Trinajstić information content (AvgIpc) is 2.19. The van der Waals surface area contributed by atoms with Gasteiger partial charge in [-0.05, 0) is 6.42 Å². The summed E-state index contributed by atoms with van der Waals surface area (Å²) in [6, 6.07) is 0. The first-order valence-corrected chi connectivity index (χ1v) is 6.14. The molecule has 0 amide bonds.